The van der Waals surface area contributed by atoms with Crippen LogP contribution in [0.2, 0.25) is 0 Å². The molecule has 0 radical (unpaired) electrons. The molecule has 0 aliphatic rings. The van der Waals surface area contributed by atoms with Crippen LogP contribution in [0.4, 0.5) is 32.3 Å². The van der Waals surface area contributed by atoms with Crippen molar-refractivity contribution in [1.82, 2.24) is 19.9 Å². The van der Waals surface area contributed by atoms with Crippen molar-refractivity contribution < 1.29 is 46.1 Å². The number of halogens is 8. The molecule has 0 atom stereocenters. The van der Waals surface area contributed by atoms with Gasteiger partial charge < -0.3 is 25.9 Å². The first-order valence-corrected chi connectivity index (χ1v) is 9.29. The Labute approximate surface area is 190 Å². The molecule has 0 aliphatic heterocycles. The fourth-order valence-corrected chi connectivity index (χ4v) is 2.75. The first-order valence-electron chi connectivity index (χ1n) is 7.71. The second-order valence-corrected chi connectivity index (χ2v) is 7.12. The first-order chi connectivity index (χ1) is 14.5. The van der Waals surface area contributed by atoms with E-state index in [1.165, 1.54) is 0 Å². The van der Waals surface area contributed by atoms with E-state index in [9.17, 15) is 26.3 Å². The summed E-state index contributed by atoms with van der Waals surface area (Å²) in [5, 5.41) is 14.2. The van der Waals surface area contributed by atoms with E-state index < -0.39 is 24.3 Å². The number of aromatic nitrogens is 4. The Kier molecular flexibility index (Phi) is 8.67. The minimum Gasteiger partial charge on any atom is -0.475 e. The van der Waals surface area contributed by atoms with E-state index in [2.05, 4.69) is 51.8 Å². The predicted octanol–water partition coefficient (Wildman–Crippen LogP) is 4.64. The van der Waals surface area contributed by atoms with Gasteiger partial charge in [0.1, 0.15) is 11.2 Å². The van der Waals surface area contributed by atoms with Crippen LogP contribution in [0.25, 0.3) is 22.4 Å². The van der Waals surface area contributed by atoms with Gasteiger partial charge in [0.05, 0.1) is 20.2 Å². The highest BCUT2D eigenvalue weighted by Gasteiger charge is 2.38. The Morgan fingerprint density at radius 2 is 1.47 bits per heavy atom. The lowest BCUT2D eigenvalue weighted by molar-refractivity contribution is -0.193. The average Bonchev–Trinajstić information content (AvgIpc) is 3.15. The molecule has 0 unspecified atom stereocenters. The van der Waals surface area contributed by atoms with Gasteiger partial charge in [-0.3, -0.25) is 4.98 Å². The smallest absolute Gasteiger partial charge is 0.475 e. The number of fused-ring (bicyclic) bond motifs is 1. The number of nitrogens with two attached hydrogens (primary N) is 1. The largest absolute Gasteiger partial charge is 0.490 e. The summed E-state index contributed by atoms with van der Waals surface area (Å²) in [4.78, 5) is 32.7. The number of H-pyrrole nitrogens is 2. The maximum absolute atomic E-state index is 10.6. The summed E-state index contributed by atoms with van der Waals surface area (Å²) < 4.78 is 65.4. The summed E-state index contributed by atoms with van der Waals surface area (Å²) in [5.74, 6) is -5.13. The summed E-state index contributed by atoms with van der Waals surface area (Å²) in [6, 6.07) is 1.85. The molecular formula is C15H11Br2F6N5O4. The normalized spacial score (nSPS) is 11.3. The van der Waals surface area contributed by atoms with Crippen LogP contribution in [0.5, 0.6) is 0 Å². The van der Waals surface area contributed by atoms with Crippen molar-refractivity contribution in [2.75, 3.05) is 5.73 Å². The molecule has 32 heavy (non-hydrogen) atoms. The number of aliphatic carboxylic acids is 2. The highest BCUT2D eigenvalue weighted by atomic mass is 79.9. The van der Waals surface area contributed by atoms with Gasteiger partial charge in [-0.2, -0.15) is 26.3 Å². The van der Waals surface area contributed by atoms with Gasteiger partial charge in [0, 0.05) is 11.9 Å². The maximum atomic E-state index is 10.6. The second-order valence-electron chi connectivity index (χ2n) is 5.54. The number of aromatic amines is 2. The second kappa shape index (κ2) is 10.2. The molecule has 9 nitrogen and oxygen atoms in total. The van der Waals surface area contributed by atoms with Crippen molar-refractivity contribution >= 4 is 60.8 Å². The summed E-state index contributed by atoms with van der Waals surface area (Å²) in [6.07, 6.45) is -8.44. The third kappa shape index (κ3) is 7.11. The van der Waals surface area contributed by atoms with E-state index in [1.807, 2.05) is 13.0 Å². The van der Waals surface area contributed by atoms with Gasteiger partial charge >= 0.3 is 24.3 Å². The number of carboxylic acids is 2. The van der Waals surface area contributed by atoms with Gasteiger partial charge in [0.2, 0.25) is 0 Å². The summed E-state index contributed by atoms with van der Waals surface area (Å²) in [5.41, 5.74) is 9.99. The number of aryl methyl sites for hydroxylation is 1. The molecule has 0 fully saturated rings. The average molecular weight is 599 g/mol. The van der Waals surface area contributed by atoms with Crippen molar-refractivity contribution in [2.45, 2.75) is 19.3 Å². The molecule has 17 heteroatoms. The molecule has 0 saturated carbocycles. The van der Waals surface area contributed by atoms with E-state index >= 15 is 0 Å². The predicted molar refractivity (Wildman–Crippen MR) is 106 cm³/mol. The molecule has 3 rings (SSSR count). The molecule has 6 N–H and O–H groups in total. The van der Waals surface area contributed by atoms with Crippen LogP contribution in [0.1, 0.15) is 5.69 Å². The van der Waals surface area contributed by atoms with E-state index in [4.69, 9.17) is 25.5 Å². The minimum absolute atomic E-state index is 0.387. The van der Waals surface area contributed by atoms with Crippen molar-refractivity contribution in [1.29, 1.82) is 0 Å². The zero-order valence-corrected chi connectivity index (χ0v) is 18.5. The number of rotatable bonds is 1. The molecule has 0 aliphatic carbocycles. The van der Waals surface area contributed by atoms with Gasteiger partial charge in [0.25, 0.3) is 0 Å². The van der Waals surface area contributed by atoms with Crippen molar-refractivity contribution in [3.63, 3.8) is 0 Å². The topological polar surface area (TPSA) is 158 Å². The summed E-state index contributed by atoms with van der Waals surface area (Å²) in [6.45, 7) is 1.98. The van der Waals surface area contributed by atoms with Crippen molar-refractivity contribution in [3.8, 4) is 11.4 Å². The van der Waals surface area contributed by atoms with Crippen LogP contribution in [-0.4, -0.2) is 54.4 Å². The van der Waals surface area contributed by atoms with Crippen molar-refractivity contribution in [3.05, 3.63) is 26.9 Å². The number of nitrogens with zero attached hydrogens (tertiary/aromatic N) is 2. The van der Waals surface area contributed by atoms with Gasteiger partial charge in [-0.15, -0.1) is 0 Å². The first kappa shape index (κ1) is 27.2. The molecule has 3 heterocycles. The Morgan fingerprint density at radius 3 is 1.84 bits per heavy atom. The molecule has 176 valence electrons. The number of pyridine rings is 1. The third-order valence-electron chi connectivity index (χ3n) is 3.19. The number of hydrogen-bond donors (Lipinski definition) is 5. The lowest BCUT2D eigenvalue weighted by Crippen LogP contribution is -2.21. The van der Waals surface area contributed by atoms with E-state index in [-0.39, 0.29) is 0 Å². The van der Waals surface area contributed by atoms with Gasteiger partial charge in [0.15, 0.2) is 5.95 Å². The quantitative estimate of drug-likeness (QED) is 0.255. The van der Waals surface area contributed by atoms with Crippen LogP contribution < -0.4 is 5.73 Å². The SMILES string of the molecule is Cc1[nH]c(-c2nccc3[nH]c(N)nc23)c(Br)c1Br.O=C(O)C(F)(F)F.O=C(O)C(F)(F)F. The molecule has 0 saturated heterocycles. The summed E-state index contributed by atoms with van der Waals surface area (Å²) in [7, 11) is 0. The number of anilines is 1. The maximum Gasteiger partial charge on any atom is 0.490 e. The van der Waals surface area contributed by atoms with Gasteiger partial charge in [-0.25, -0.2) is 14.6 Å². The monoisotopic (exact) mass is 597 g/mol. The molecule has 0 spiro atoms. The number of imidazole rings is 1. The number of alkyl halides is 6. The lowest BCUT2D eigenvalue weighted by Gasteiger charge is -1.99. The number of nitrogens with one attached hydrogen (secondary N) is 2. The molecule has 0 amide bonds. The zero-order chi connectivity index (χ0) is 25.0. The minimum atomic E-state index is -5.08. The molecule has 3 aromatic heterocycles. The van der Waals surface area contributed by atoms with Gasteiger partial charge in [-0.05, 0) is 44.8 Å². The molecule has 0 aromatic carbocycles. The molecule has 0 bridgehead atoms. The zero-order valence-electron chi connectivity index (χ0n) is 15.4. The number of carboxylic acid groups (broad SMARTS) is 2. The number of carbonyl (C=O) groups is 2. The fourth-order valence-electron chi connectivity index (χ4n) is 1.87. The third-order valence-corrected chi connectivity index (χ3v) is 5.51. The highest BCUT2D eigenvalue weighted by Crippen LogP contribution is 2.37. The van der Waals surface area contributed by atoms with Crippen LogP contribution in [-0.2, 0) is 9.59 Å². The number of nitrogen functional groups attached to an aromatic ring is 1. The standard InChI is InChI=1S/C11H9Br2N5.2C2HF3O2/c1-4-6(12)7(13)9(16-4)10-8-5(2-3-15-10)17-11(14)18-8;2*3-2(4,5)1(6)7/h2-3,16H,1H3,(H3,14,17,18);2*(H,6,7). The van der Waals surface area contributed by atoms with Crippen molar-refractivity contribution in [2.24, 2.45) is 0 Å². The van der Waals surface area contributed by atoms with E-state index in [0.717, 1.165) is 37.1 Å². The Balaban J connectivity index is 0.000000305. The van der Waals surface area contributed by atoms with E-state index in [0.29, 0.717) is 5.95 Å². The lowest BCUT2D eigenvalue weighted by atomic mass is 10.2. The van der Waals surface area contributed by atoms with Crippen LogP contribution >= 0.6 is 31.9 Å². The Morgan fingerprint density at radius 1 is 1.00 bits per heavy atom. The summed E-state index contributed by atoms with van der Waals surface area (Å²) >= 11 is 7.05. The molecule has 3 aromatic rings. The van der Waals surface area contributed by atoms with Crippen LogP contribution in [0.15, 0.2) is 21.2 Å². The fraction of sp³-hybridized carbons (Fsp3) is 0.200. The Hall–Kier alpha value is -2.82. The van der Waals surface area contributed by atoms with Gasteiger partial charge in [-0.1, -0.05) is 0 Å². The molecular weight excluding hydrogens is 588 g/mol. The Bertz CT molecular complexity index is 1100. The number of hydrogen-bond acceptors (Lipinski definition) is 5. The highest BCUT2D eigenvalue weighted by molar-refractivity contribution is 9.13. The van der Waals surface area contributed by atoms with Crippen LogP contribution in [0, 0.1) is 6.92 Å². The van der Waals surface area contributed by atoms with Crippen LogP contribution in [0.3, 0.4) is 0 Å². The van der Waals surface area contributed by atoms with E-state index in [1.54, 1.807) is 6.20 Å².